The van der Waals surface area contributed by atoms with Crippen LogP contribution >= 0.6 is 0 Å². The maximum atomic E-state index is 13.2. The average molecular weight is 277 g/mol. The molecule has 0 spiro atoms. The third-order valence-electron chi connectivity index (χ3n) is 4.64. The van der Waals surface area contributed by atoms with Crippen molar-refractivity contribution in [3.8, 4) is 0 Å². The molecule has 0 amide bonds. The van der Waals surface area contributed by atoms with Gasteiger partial charge < -0.3 is 5.73 Å². The minimum absolute atomic E-state index is 0.0944. The summed E-state index contributed by atoms with van der Waals surface area (Å²) in [5.74, 6) is -0.200. The minimum atomic E-state index is -0.200. The summed E-state index contributed by atoms with van der Waals surface area (Å²) in [6, 6.07) is 7.29. The summed E-state index contributed by atoms with van der Waals surface area (Å²) >= 11 is 0. The van der Waals surface area contributed by atoms with Crippen molar-refractivity contribution in [1.82, 2.24) is 9.80 Å². The number of rotatable bonds is 4. The largest absolute Gasteiger partial charge is 0.323 e. The highest BCUT2D eigenvalue weighted by Gasteiger charge is 2.29. The second-order valence-corrected chi connectivity index (χ2v) is 6.11. The molecule has 2 aliphatic heterocycles. The lowest BCUT2D eigenvalue weighted by molar-refractivity contribution is 0.228. The third kappa shape index (κ3) is 3.19. The van der Waals surface area contributed by atoms with Gasteiger partial charge in [0.15, 0.2) is 0 Å². The molecule has 3 nitrogen and oxygen atoms in total. The minimum Gasteiger partial charge on any atom is -0.323 e. The molecule has 1 aromatic rings. The topological polar surface area (TPSA) is 32.5 Å². The lowest BCUT2D eigenvalue weighted by Crippen LogP contribution is -2.37. The molecule has 20 heavy (non-hydrogen) atoms. The van der Waals surface area contributed by atoms with E-state index in [1.54, 1.807) is 12.1 Å². The molecule has 4 heteroatoms. The summed E-state index contributed by atoms with van der Waals surface area (Å²) < 4.78 is 13.2. The van der Waals surface area contributed by atoms with Crippen LogP contribution in [-0.2, 0) is 0 Å². The molecule has 0 aromatic heterocycles. The zero-order valence-electron chi connectivity index (χ0n) is 12.0. The summed E-state index contributed by atoms with van der Waals surface area (Å²) in [5, 5.41) is 0. The van der Waals surface area contributed by atoms with Gasteiger partial charge in [-0.2, -0.15) is 0 Å². The molecular formula is C16H24FN3. The highest BCUT2D eigenvalue weighted by molar-refractivity contribution is 5.20. The van der Waals surface area contributed by atoms with E-state index in [0.29, 0.717) is 6.04 Å². The summed E-state index contributed by atoms with van der Waals surface area (Å²) in [4.78, 5) is 5.05. The molecule has 0 bridgehead atoms. The van der Waals surface area contributed by atoms with Gasteiger partial charge in [0.05, 0.1) is 0 Å². The van der Waals surface area contributed by atoms with E-state index < -0.39 is 0 Å². The van der Waals surface area contributed by atoms with E-state index >= 15 is 0 Å². The van der Waals surface area contributed by atoms with E-state index in [0.717, 1.165) is 25.2 Å². The van der Waals surface area contributed by atoms with Crippen molar-refractivity contribution < 1.29 is 4.39 Å². The first-order valence-corrected chi connectivity index (χ1v) is 7.70. The first-order chi connectivity index (χ1) is 9.72. The molecule has 0 aliphatic carbocycles. The highest BCUT2D eigenvalue weighted by atomic mass is 19.1. The fourth-order valence-electron chi connectivity index (χ4n) is 3.50. The van der Waals surface area contributed by atoms with Crippen LogP contribution in [0.4, 0.5) is 4.39 Å². The summed E-state index contributed by atoms with van der Waals surface area (Å²) in [6.07, 6.45) is 3.94. The molecule has 2 heterocycles. The Morgan fingerprint density at radius 1 is 1.25 bits per heavy atom. The van der Waals surface area contributed by atoms with Gasteiger partial charge in [0.25, 0.3) is 0 Å². The van der Waals surface area contributed by atoms with Crippen LogP contribution < -0.4 is 5.73 Å². The number of hydrogen-bond donors (Lipinski definition) is 1. The van der Waals surface area contributed by atoms with Crippen LogP contribution in [0.5, 0.6) is 0 Å². The lowest BCUT2D eigenvalue weighted by atomic mass is 10.1. The summed E-state index contributed by atoms with van der Waals surface area (Å²) in [7, 11) is 0. The zero-order valence-corrected chi connectivity index (χ0v) is 12.0. The van der Waals surface area contributed by atoms with Crippen molar-refractivity contribution in [1.29, 1.82) is 0 Å². The number of likely N-dealkylation sites (tertiary alicyclic amines) is 2. The molecule has 2 fully saturated rings. The first kappa shape index (κ1) is 14.0. The molecule has 2 aliphatic rings. The monoisotopic (exact) mass is 277 g/mol. The standard InChI is InChI=1S/C16H24FN3/c17-14-5-3-4-13(10-14)16(18)12-19-9-6-15(11-19)20-7-1-2-8-20/h3-5,10,15-16H,1-2,6-9,11-12,18H2. The van der Waals surface area contributed by atoms with Crippen LogP contribution in [0.15, 0.2) is 24.3 Å². The molecule has 1 aromatic carbocycles. The quantitative estimate of drug-likeness (QED) is 0.913. The summed E-state index contributed by atoms with van der Waals surface area (Å²) in [6.45, 7) is 5.57. The van der Waals surface area contributed by atoms with Gasteiger partial charge in [-0.15, -0.1) is 0 Å². The van der Waals surface area contributed by atoms with E-state index in [9.17, 15) is 4.39 Å². The van der Waals surface area contributed by atoms with Crippen LogP contribution in [0.25, 0.3) is 0 Å². The molecule has 2 N–H and O–H groups in total. The van der Waals surface area contributed by atoms with Crippen molar-refractivity contribution in [2.75, 3.05) is 32.7 Å². The zero-order chi connectivity index (χ0) is 13.9. The van der Waals surface area contributed by atoms with Crippen LogP contribution in [0.3, 0.4) is 0 Å². The second kappa shape index (κ2) is 6.20. The van der Waals surface area contributed by atoms with Gasteiger partial charge >= 0.3 is 0 Å². The van der Waals surface area contributed by atoms with Gasteiger partial charge in [-0.3, -0.25) is 9.80 Å². The fourth-order valence-corrected chi connectivity index (χ4v) is 3.50. The third-order valence-corrected chi connectivity index (χ3v) is 4.64. The van der Waals surface area contributed by atoms with Crippen molar-refractivity contribution in [3.05, 3.63) is 35.6 Å². The number of hydrogen-bond acceptors (Lipinski definition) is 3. The Bertz CT molecular complexity index is 445. The van der Waals surface area contributed by atoms with Crippen LogP contribution in [-0.4, -0.2) is 48.6 Å². The number of nitrogens with zero attached hydrogens (tertiary/aromatic N) is 2. The molecular weight excluding hydrogens is 253 g/mol. The van der Waals surface area contributed by atoms with E-state index in [1.807, 2.05) is 6.07 Å². The predicted octanol–water partition coefficient (Wildman–Crippen LogP) is 2.00. The van der Waals surface area contributed by atoms with Crippen molar-refractivity contribution in [2.24, 2.45) is 5.73 Å². The molecule has 2 unspecified atom stereocenters. The Balaban J connectivity index is 1.53. The van der Waals surface area contributed by atoms with Crippen molar-refractivity contribution in [2.45, 2.75) is 31.3 Å². The Hall–Kier alpha value is -0.970. The van der Waals surface area contributed by atoms with Crippen LogP contribution in [0, 0.1) is 5.82 Å². The SMILES string of the molecule is NC(CN1CCC(N2CCCC2)C1)c1cccc(F)c1. The van der Waals surface area contributed by atoms with Gasteiger partial charge in [-0.25, -0.2) is 4.39 Å². The molecule has 0 saturated carbocycles. The molecule has 110 valence electrons. The maximum absolute atomic E-state index is 13.2. The molecule has 2 saturated heterocycles. The second-order valence-electron chi connectivity index (χ2n) is 6.11. The molecule has 3 rings (SSSR count). The maximum Gasteiger partial charge on any atom is 0.123 e. The predicted molar refractivity (Wildman–Crippen MR) is 79.0 cm³/mol. The summed E-state index contributed by atoms with van der Waals surface area (Å²) in [5.41, 5.74) is 7.12. The van der Waals surface area contributed by atoms with Gasteiger partial charge in [-0.05, 0) is 56.6 Å². The van der Waals surface area contributed by atoms with E-state index in [4.69, 9.17) is 5.73 Å². The van der Waals surface area contributed by atoms with Crippen molar-refractivity contribution in [3.63, 3.8) is 0 Å². The van der Waals surface area contributed by atoms with Gasteiger partial charge in [0.2, 0.25) is 0 Å². The Morgan fingerprint density at radius 2 is 2.05 bits per heavy atom. The number of benzene rings is 1. The van der Waals surface area contributed by atoms with Crippen molar-refractivity contribution >= 4 is 0 Å². The van der Waals surface area contributed by atoms with Gasteiger partial charge in [0.1, 0.15) is 5.82 Å². The number of nitrogens with two attached hydrogens (primary N) is 1. The Kier molecular flexibility index (Phi) is 4.34. The Morgan fingerprint density at radius 3 is 2.80 bits per heavy atom. The van der Waals surface area contributed by atoms with E-state index in [2.05, 4.69) is 9.80 Å². The normalized spacial score (nSPS) is 26.2. The number of halogens is 1. The molecule has 0 radical (unpaired) electrons. The smallest absolute Gasteiger partial charge is 0.123 e. The lowest BCUT2D eigenvalue weighted by Gasteiger charge is -2.25. The highest BCUT2D eigenvalue weighted by Crippen LogP contribution is 2.22. The van der Waals surface area contributed by atoms with Crippen LogP contribution in [0.1, 0.15) is 30.9 Å². The first-order valence-electron chi connectivity index (χ1n) is 7.70. The van der Waals surface area contributed by atoms with Gasteiger partial charge in [0, 0.05) is 25.2 Å². The van der Waals surface area contributed by atoms with E-state index in [1.165, 1.54) is 38.4 Å². The molecule has 2 atom stereocenters. The van der Waals surface area contributed by atoms with E-state index in [-0.39, 0.29) is 11.9 Å². The average Bonchev–Trinajstić information content (AvgIpc) is 3.08. The fraction of sp³-hybridized carbons (Fsp3) is 0.625. The Labute approximate surface area is 120 Å². The van der Waals surface area contributed by atoms with Crippen LogP contribution in [0.2, 0.25) is 0 Å². The van der Waals surface area contributed by atoms with Gasteiger partial charge in [-0.1, -0.05) is 12.1 Å².